The van der Waals surface area contributed by atoms with Crippen LogP contribution in [0, 0.1) is 0 Å². The topological polar surface area (TPSA) is 76.7 Å². The van der Waals surface area contributed by atoms with Crippen LogP contribution in [0.5, 0.6) is 0 Å². The van der Waals surface area contributed by atoms with Crippen LogP contribution in [0.3, 0.4) is 0 Å². The summed E-state index contributed by atoms with van der Waals surface area (Å²) in [5, 5.41) is 7.48. The second kappa shape index (κ2) is 7.96. The van der Waals surface area contributed by atoms with Gasteiger partial charge in [0.1, 0.15) is 5.60 Å². The second-order valence-corrected chi connectivity index (χ2v) is 7.72. The quantitative estimate of drug-likeness (QED) is 0.850. The molecule has 144 valence electrons. The second-order valence-electron chi connectivity index (χ2n) is 7.72. The lowest BCUT2D eigenvalue weighted by molar-refractivity contribution is 0.0636. The van der Waals surface area contributed by atoms with E-state index in [1.54, 1.807) is 32.9 Å². The van der Waals surface area contributed by atoms with Crippen LogP contribution < -0.4 is 10.6 Å². The van der Waals surface area contributed by atoms with Gasteiger partial charge in [-0.05, 0) is 56.5 Å². The average molecular weight is 370 g/mol. The highest BCUT2D eigenvalue weighted by molar-refractivity contribution is 6.07. The van der Waals surface area contributed by atoms with E-state index >= 15 is 0 Å². The summed E-state index contributed by atoms with van der Waals surface area (Å²) in [6.45, 7) is 6.58. The van der Waals surface area contributed by atoms with Gasteiger partial charge >= 0.3 is 6.09 Å². The molecule has 2 N–H and O–H groups in total. The molecule has 0 saturated carbocycles. The molecule has 27 heavy (non-hydrogen) atoms. The molecule has 0 aromatic heterocycles. The maximum absolute atomic E-state index is 12.8. The number of fused-ring (bicyclic) bond motifs is 1. The zero-order valence-electron chi connectivity index (χ0n) is 16.0. The molecule has 1 unspecified atom stereocenters. The number of nitrogens with one attached hydrogen (secondary N) is 2. The smallest absolute Gasteiger partial charge is 0.412 e. The first-order chi connectivity index (χ1) is 12.8. The number of ether oxygens (including phenoxy) is 2. The van der Waals surface area contributed by atoms with Gasteiger partial charge in [-0.25, -0.2) is 4.79 Å². The van der Waals surface area contributed by atoms with Gasteiger partial charge in [-0.2, -0.15) is 0 Å². The summed E-state index contributed by atoms with van der Waals surface area (Å²) in [5.74, 6) is -0.248. The monoisotopic (exact) mass is 370 g/mol. The lowest BCUT2D eigenvalue weighted by Gasteiger charge is -2.21. The van der Waals surface area contributed by atoms with Crippen molar-refractivity contribution in [3.63, 3.8) is 0 Å². The Morgan fingerprint density at radius 2 is 1.89 bits per heavy atom. The van der Waals surface area contributed by atoms with E-state index in [2.05, 4.69) is 10.6 Å². The summed E-state index contributed by atoms with van der Waals surface area (Å²) < 4.78 is 10.9. The standard InChI is InChI=1S/C21H26N2O4/c1-21(2,3)27-20(25)23-18-12-15-8-5-4-7-14(15)11-17(18)19(24)22-13-16-9-6-10-26-16/h4-5,7-8,11-12,16H,6,9-10,13H2,1-3H3,(H,22,24)(H,23,25). The van der Waals surface area contributed by atoms with E-state index in [4.69, 9.17) is 9.47 Å². The van der Waals surface area contributed by atoms with Gasteiger partial charge in [0.2, 0.25) is 0 Å². The number of hydrogen-bond acceptors (Lipinski definition) is 4. The Kier molecular flexibility index (Phi) is 5.65. The van der Waals surface area contributed by atoms with Crippen molar-refractivity contribution in [1.82, 2.24) is 5.32 Å². The number of carbonyl (C=O) groups excluding carboxylic acids is 2. The maximum Gasteiger partial charge on any atom is 0.412 e. The van der Waals surface area contributed by atoms with Crippen molar-refractivity contribution in [1.29, 1.82) is 0 Å². The molecule has 1 saturated heterocycles. The van der Waals surface area contributed by atoms with E-state index in [1.165, 1.54) is 0 Å². The number of carbonyl (C=O) groups is 2. The minimum atomic E-state index is -0.622. The summed E-state index contributed by atoms with van der Waals surface area (Å²) in [4.78, 5) is 25.0. The van der Waals surface area contributed by atoms with Crippen LogP contribution in [-0.2, 0) is 9.47 Å². The average Bonchev–Trinajstić information content (AvgIpc) is 3.11. The molecule has 2 amide bonds. The van der Waals surface area contributed by atoms with Crippen molar-refractivity contribution in [2.24, 2.45) is 0 Å². The number of amides is 2. The van der Waals surface area contributed by atoms with Gasteiger partial charge in [0.15, 0.2) is 0 Å². The van der Waals surface area contributed by atoms with E-state index in [9.17, 15) is 9.59 Å². The molecule has 6 nitrogen and oxygen atoms in total. The molecule has 6 heteroatoms. The molecule has 1 aliphatic rings. The summed E-state index contributed by atoms with van der Waals surface area (Å²) in [6, 6.07) is 11.3. The van der Waals surface area contributed by atoms with Gasteiger partial charge < -0.3 is 14.8 Å². The maximum atomic E-state index is 12.8. The molecule has 1 heterocycles. The van der Waals surface area contributed by atoms with E-state index in [1.807, 2.05) is 24.3 Å². The fraction of sp³-hybridized carbons (Fsp3) is 0.429. The fourth-order valence-electron chi connectivity index (χ4n) is 3.05. The number of hydrogen-bond donors (Lipinski definition) is 2. The third-order valence-corrected chi connectivity index (χ3v) is 4.28. The summed E-state index contributed by atoms with van der Waals surface area (Å²) in [7, 11) is 0. The van der Waals surface area contributed by atoms with Crippen LogP contribution >= 0.6 is 0 Å². The van der Waals surface area contributed by atoms with Crippen molar-refractivity contribution in [2.75, 3.05) is 18.5 Å². The lowest BCUT2D eigenvalue weighted by Crippen LogP contribution is -2.33. The molecule has 0 aliphatic carbocycles. The minimum Gasteiger partial charge on any atom is -0.444 e. The Morgan fingerprint density at radius 3 is 2.52 bits per heavy atom. The normalized spacial score (nSPS) is 16.9. The molecule has 0 spiro atoms. The Balaban J connectivity index is 1.84. The highest BCUT2D eigenvalue weighted by Crippen LogP contribution is 2.25. The molecule has 1 aliphatic heterocycles. The van der Waals surface area contributed by atoms with Crippen molar-refractivity contribution < 1.29 is 19.1 Å². The van der Waals surface area contributed by atoms with Gasteiger partial charge in [0, 0.05) is 13.2 Å². The summed E-state index contributed by atoms with van der Waals surface area (Å²) in [5.41, 5.74) is 0.203. The number of rotatable bonds is 4. The third kappa shape index (κ3) is 5.20. The van der Waals surface area contributed by atoms with Crippen LogP contribution in [0.2, 0.25) is 0 Å². The first-order valence-electron chi connectivity index (χ1n) is 9.24. The zero-order valence-corrected chi connectivity index (χ0v) is 16.0. The molecule has 1 atom stereocenters. The van der Waals surface area contributed by atoms with Crippen molar-refractivity contribution in [3.05, 3.63) is 42.0 Å². The summed E-state index contributed by atoms with van der Waals surface area (Å²) in [6.07, 6.45) is 1.42. The van der Waals surface area contributed by atoms with Crippen LogP contribution in [0.25, 0.3) is 10.8 Å². The molecular formula is C21H26N2O4. The molecule has 2 aromatic carbocycles. The van der Waals surface area contributed by atoms with Gasteiger partial charge in [-0.15, -0.1) is 0 Å². The largest absolute Gasteiger partial charge is 0.444 e. The van der Waals surface area contributed by atoms with Gasteiger partial charge in [-0.3, -0.25) is 10.1 Å². The lowest BCUT2D eigenvalue weighted by atomic mass is 10.0. The molecule has 1 fully saturated rings. The molecular weight excluding hydrogens is 344 g/mol. The Hall–Kier alpha value is -2.60. The minimum absolute atomic E-state index is 0.0525. The number of anilines is 1. The predicted octanol–water partition coefficient (Wildman–Crippen LogP) is 4.10. The predicted molar refractivity (Wildman–Crippen MR) is 105 cm³/mol. The zero-order chi connectivity index (χ0) is 19.4. The van der Waals surface area contributed by atoms with E-state index < -0.39 is 11.7 Å². The molecule has 2 aromatic rings. The van der Waals surface area contributed by atoms with Crippen molar-refractivity contribution in [3.8, 4) is 0 Å². The Bertz CT molecular complexity index is 836. The van der Waals surface area contributed by atoms with Crippen LogP contribution in [0.4, 0.5) is 10.5 Å². The molecule has 0 bridgehead atoms. The molecule has 3 rings (SSSR count). The van der Waals surface area contributed by atoms with Crippen LogP contribution in [-0.4, -0.2) is 36.9 Å². The first-order valence-corrected chi connectivity index (χ1v) is 9.24. The Morgan fingerprint density at radius 1 is 1.19 bits per heavy atom. The van der Waals surface area contributed by atoms with E-state index in [0.717, 1.165) is 30.2 Å². The molecule has 0 radical (unpaired) electrons. The van der Waals surface area contributed by atoms with Gasteiger partial charge in [-0.1, -0.05) is 24.3 Å². The van der Waals surface area contributed by atoms with E-state index in [0.29, 0.717) is 17.8 Å². The Labute approximate surface area is 159 Å². The SMILES string of the molecule is CC(C)(C)OC(=O)Nc1cc2ccccc2cc1C(=O)NCC1CCCO1. The van der Waals surface area contributed by atoms with Gasteiger partial charge in [0.05, 0.1) is 17.4 Å². The third-order valence-electron chi connectivity index (χ3n) is 4.28. The van der Waals surface area contributed by atoms with Gasteiger partial charge in [0.25, 0.3) is 5.91 Å². The first kappa shape index (κ1) is 19.2. The fourth-order valence-corrected chi connectivity index (χ4v) is 3.05. The van der Waals surface area contributed by atoms with E-state index in [-0.39, 0.29) is 12.0 Å². The van der Waals surface area contributed by atoms with Crippen LogP contribution in [0.15, 0.2) is 36.4 Å². The summed E-state index contributed by atoms with van der Waals surface area (Å²) >= 11 is 0. The number of benzene rings is 2. The van der Waals surface area contributed by atoms with Crippen molar-refractivity contribution >= 4 is 28.5 Å². The van der Waals surface area contributed by atoms with Crippen LogP contribution in [0.1, 0.15) is 44.0 Å². The highest BCUT2D eigenvalue weighted by Gasteiger charge is 2.21. The highest BCUT2D eigenvalue weighted by atomic mass is 16.6. The van der Waals surface area contributed by atoms with Crippen molar-refractivity contribution in [2.45, 2.75) is 45.3 Å².